The Kier molecular flexibility index (Phi) is 4.97. The minimum Gasteiger partial charge on any atom is -0.481 e. The maximum Gasteiger partial charge on any atom is 0.303 e. The Bertz CT molecular complexity index is 286. The van der Waals surface area contributed by atoms with E-state index in [-0.39, 0.29) is 23.7 Å². The Morgan fingerprint density at radius 2 is 2.06 bits per heavy atom. The van der Waals surface area contributed by atoms with Crippen molar-refractivity contribution in [3.05, 3.63) is 0 Å². The summed E-state index contributed by atoms with van der Waals surface area (Å²) >= 11 is 0. The van der Waals surface area contributed by atoms with Crippen molar-refractivity contribution in [1.29, 1.82) is 0 Å². The van der Waals surface area contributed by atoms with E-state index in [4.69, 9.17) is 5.11 Å². The molecule has 0 radical (unpaired) electrons. The van der Waals surface area contributed by atoms with Gasteiger partial charge in [-0.2, -0.15) is 0 Å². The fourth-order valence-electron chi connectivity index (χ4n) is 2.55. The molecule has 2 N–H and O–H groups in total. The van der Waals surface area contributed by atoms with E-state index in [9.17, 15) is 9.59 Å². The molecule has 0 bridgehead atoms. The first-order chi connectivity index (χ1) is 7.93. The second kappa shape index (κ2) is 6.03. The summed E-state index contributed by atoms with van der Waals surface area (Å²) in [5.74, 6) is -0.502. The molecular formula is C13H23NO3. The number of carboxylic acid groups (broad SMARTS) is 1. The lowest BCUT2D eigenvalue weighted by Gasteiger charge is -2.25. The first kappa shape index (κ1) is 14.0. The first-order valence-electron chi connectivity index (χ1n) is 6.43. The van der Waals surface area contributed by atoms with Crippen LogP contribution in [0.3, 0.4) is 0 Å². The van der Waals surface area contributed by atoms with Crippen LogP contribution in [0.15, 0.2) is 0 Å². The number of unbranched alkanes of at least 4 members (excludes halogenated alkanes) is 1. The molecular weight excluding hydrogens is 218 g/mol. The summed E-state index contributed by atoms with van der Waals surface area (Å²) in [4.78, 5) is 22.2. The minimum absolute atomic E-state index is 0.116. The zero-order valence-electron chi connectivity index (χ0n) is 10.8. The van der Waals surface area contributed by atoms with Crippen molar-refractivity contribution in [2.24, 2.45) is 11.3 Å². The molecule has 4 heteroatoms. The molecule has 0 saturated heterocycles. The van der Waals surface area contributed by atoms with Gasteiger partial charge < -0.3 is 10.4 Å². The molecule has 1 saturated carbocycles. The molecule has 1 aliphatic carbocycles. The molecule has 0 aliphatic heterocycles. The lowest BCUT2D eigenvalue weighted by molar-refractivity contribution is -0.137. The molecule has 17 heavy (non-hydrogen) atoms. The number of amides is 1. The second-order valence-electron chi connectivity index (χ2n) is 5.58. The van der Waals surface area contributed by atoms with Crippen molar-refractivity contribution >= 4 is 11.9 Å². The van der Waals surface area contributed by atoms with Gasteiger partial charge in [-0.05, 0) is 31.1 Å². The van der Waals surface area contributed by atoms with Gasteiger partial charge in [0.2, 0.25) is 5.91 Å². The summed E-state index contributed by atoms with van der Waals surface area (Å²) in [6.45, 7) is 4.89. The summed E-state index contributed by atoms with van der Waals surface area (Å²) in [6, 6.07) is 0. The predicted molar refractivity (Wildman–Crippen MR) is 65.6 cm³/mol. The number of nitrogens with one attached hydrogen (secondary N) is 1. The third-order valence-corrected chi connectivity index (χ3v) is 3.69. The van der Waals surface area contributed by atoms with Gasteiger partial charge in [-0.1, -0.05) is 20.3 Å². The van der Waals surface area contributed by atoms with Crippen LogP contribution in [0.25, 0.3) is 0 Å². The Morgan fingerprint density at radius 3 is 2.59 bits per heavy atom. The lowest BCUT2D eigenvalue weighted by atomic mass is 9.81. The average molecular weight is 241 g/mol. The molecule has 1 aliphatic rings. The van der Waals surface area contributed by atoms with Gasteiger partial charge in [-0.25, -0.2) is 0 Å². The quantitative estimate of drug-likeness (QED) is 0.700. The zero-order chi connectivity index (χ0) is 12.9. The Morgan fingerprint density at radius 1 is 1.35 bits per heavy atom. The molecule has 98 valence electrons. The number of carbonyl (C=O) groups excluding carboxylic acids is 1. The fraction of sp³-hybridized carbons (Fsp3) is 0.846. The van der Waals surface area contributed by atoms with Gasteiger partial charge >= 0.3 is 5.97 Å². The van der Waals surface area contributed by atoms with Crippen LogP contribution in [-0.4, -0.2) is 23.5 Å². The third kappa shape index (κ3) is 4.36. The van der Waals surface area contributed by atoms with Crippen molar-refractivity contribution in [2.75, 3.05) is 6.54 Å². The monoisotopic (exact) mass is 241 g/mol. The Balaban J connectivity index is 2.19. The highest BCUT2D eigenvalue weighted by molar-refractivity contribution is 5.79. The SMILES string of the molecule is CC1(C)CCCC1C(=O)NCCCCC(=O)O. The van der Waals surface area contributed by atoms with Gasteiger partial charge in [0.15, 0.2) is 0 Å². The highest BCUT2D eigenvalue weighted by Crippen LogP contribution is 2.42. The van der Waals surface area contributed by atoms with E-state index in [2.05, 4.69) is 19.2 Å². The Hall–Kier alpha value is -1.06. The van der Waals surface area contributed by atoms with E-state index in [1.807, 2.05) is 0 Å². The molecule has 0 aromatic heterocycles. The molecule has 0 heterocycles. The van der Waals surface area contributed by atoms with Crippen molar-refractivity contribution in [3.63, 3.8) is 0 Å². The lowest BCUT2D eigenvalue weighted by Crippen LogP contribution is -2.36. The molecule has 4 nitrogen and oxygen atoms in total. The molecule has 0 aromatic rings. The van der Waals surface area contributed by atoms with Gasteiger partial charge in [0.05, 0.1) is 0 Å². The minimum atomic E-state index is -0.770. The maximum atomic E-state index is 11.9. The van der Waals surface area contributed by atoms with Gasteiger partial charge in [0.25, 0.3) is 0 Å². The maximum absolute atomic E-state index is 11.9. The van der Waals surface area contributed by atoms with E-state index in [1.165, 1.54) is 0 Å². The topological polar surface area (TPSA) is 66.4 Å². The summed E-state index contributed by atoms with van der Waals surface area (Å²) in [5.41, 5.74) is 0.116. The zero-order valence-corrected chi connectivity index (χ0v) is 10.8. The van der Waals surface area contributed by atoms with Gasteiger partial charge in [-0.15, -0.1) is 0 Å². The summed E-state index contributed by atoms with van der Waals surface area (Å²) in [7, 11) is 0. The van der Waals surface area contributed by atoms with Crippen molar-refractivity contribution in [2.45, 2.75) is 52.4 Å². The predicted octanol–water partition coefficient (Wildman–Crippen LogP) is 2.18. The third-order valence-electron chi connectivity index (χ3n) is 3.69. The van der Waals surface area contributed by atoms with Crippen LogP contribution in [0, 0.1) is 11.3 Å². The number of aliphatic carboxylic acids is 1. The highest BCUT2D eigenvalue weighted by Gasteiger charge is 2.38. The van der Waals surface area contributed by atoms with Crippen LogP contribution in [0.4, 0.5) is 0 Å². The van der Waals surface area contributed by atoms with E-state index < -0.39 is 5.97 Å². The molecule has 1 rings (SSSR count). The van der Waals surface area contributed by atoms with Gasteiger partial charge in [0.1, 0.15) is 0 Å². The van der Waals surface area contributed by atoms with Crippen LogP contribution in [0.5, 0.6) is 0 Å². The van der Waals surface area contributed by atoms with Gasteiger partial charge in [0, 0.05) is 18.9 Å². The molecule has 1 atom stereocenters. The standard InChI is InChI=1S/C13H23NO3/c1-13(2)8-5-6-10(13)12(17)14-9-4-3-7-11(15)16/h10H,3-9H2,1-2H3,(H,14,17)(H,15,16). The van der Waals surface area contributed by atoms with E-state index in [1.54, 1.807) is 0 Å². The molecule has 0 aromatic carbocycles. The highest BCUT2D eigenvalue weighted by atomic mass is 16.4. The summed E-state index contributed by atoms with van der Waals surface area (Å²) in [6.07, 6.45) is 4.78. The summed E-state index contributed by atoms with van der Waals surface area (Å²) in [5, 5.41) is 11.4. The van der Waals surface area contributed by atoms with Crippen LogP contribution in [0.2, 0.25) is 0 Å². The number of carbonyl (C=O) groups is 2. The van der Waals surface area contributed by atoms with Crippen molar-refractivity contribution in [3.8, 4) is 0 Å². The van der Waals surface area contributed by atoms with Gasteiger partial charge in [-0.3, -0.25) is 9.59 Å². The molecule has 1 fully saturated rings. The number of hydrogen-bond donors (Lipinski definition) is 2. The van der Waals surface area contributed by atoms with Crippen LogP contribution < -0.4 is 5.32 Å². The number of rotatable bonds is 6. The smallest absolute Gasteiger partial charge is 0.303 e. The molecule has 1 unspecified atom stereocenters. The van der Waals surface area contributed by atoms with E-state index in [0.717, 1.165) is 25.7 Å². The first-order valence-corrected chi connectivity index (χ1v) is 6.43. The second-order valence-corrected chi connectivity index (χ2v) is 5.58. The Labute approximate surface area is 103 Å². The van der Waals surface area contributed by atoms with Crippen molar-refractivity contribution < 1.29 is 14.7 Å². The number of carboxylic acids is 1. The largest absolute Gasteiger partial charge is 0.481 e. The average Bonchev–Trinajstić information content (AvgIpc) is 2.57. The van der Waals surface area contributed by atoms with Crippen LogP contribution in [0.1, 0.15) is 52.4 Å². The van der Waals surface area contributed by atoms with E-state index >= 15 is 0 Å². The normalized spacial score (nSPS) is 22.4. The van der Waals surface area contributed by atoms with Crippen molar-refractivity contribution in [1.82, 2.24) is 5.32 Å². The van der Waals surface area contributed by atoms with Crippen LogP contribution >= 0.6 is 0 Å². The summed E-state index contributed by atoms with van der Waals surface area (Å²) < 4.78 is 0. The fourth-order valence-corrected chi connectivity index (χ4v) is 2.55. The molecule has 1 amide bonds. The molecule has 0 spiro atoms. The van der Waals surface area contributed by atoms with Crippen LogP contribution in [-0.2, 0) is 9.59 Å². The number of hydrogen-bond acceptors (Lipinski definition) is 2. The van der Waals surface area contributed by atoms with E-state index in [0.29, 0.717) is 13.0 Å².